The summed E-state index contributed by atoms with van der Waals surface area (Å²) in [5.74, 6) is -0.116. The Kier molecular flexibility index (Phi) is 21.4. The standard InChI is InChI=1S/C14H27NO4S.C11H25NO.CH2O.CH4/c1-13(2,19-8-6-14(3,4)20)5-7-15-12(16)11-9-17-10-18-11;1-10(2,3)9-13-11(4,5)7-8-12-6;1-2;/h11,20H,5-10H2,1-4H3,(H,15,16);12H,7-9H2,1-6H3;1H2;1H4. The van der Waals surface area contributed by atoms with Gasteiger partial charge in [-0.05, 0) is 66.0 Å². The van der Waals surface area contributed by atoms with Gasteiger partial charge in [0.25, 0.3) is 5.91 Å². The average Bonchev–Trinajstić information content (AvgIpc) is 3.26. The predicted octanol–water partition coefficient (Wildman–Crippen LogP) is 4.65. The van der Waals surface area contributed by atoms with Gasteiger partial charge in [0.05, 0.1) is 24.4 Å². The third-order valence-corrected chi connectivity index (χ3v) is 5.24. The van der Waals surface area contributed by atoms with Crippen molar-refractivity contribution in [3.63, 3.8) is 0 Å². The molecule has 0 saturated carbocycles. The molecule has 0 radical (unpaired) electrons. The molecule has 0 aromatic carbocycles. The average molecular weight is 539 g/mol. The first-order chi connectivity index (χ1) is 16.0. The van der Waals surface area contributed by atoms with Gasteiger partial charge >= 0.3 is 0 Å². The summed E-state index contributed by atoms with van der Waals surface area (Å²) < 4.78 is 21.8. The number of ether oxygens (including phenoxy) is 4. The Morgan fingerprint density at radius 2 is 1.47 bits per heavy atom. The van der Waals surface area contributed by atoms with E-state index in [-0.39, 0.29) is 41.5 Å². The van der Waals surface area contributed by atoms with E-state index in [0.29, 0.717) is 19.8 Å². The fraction of sp³-hybridized carbons (Fsp3) is 0.926. The lowest BCUT2D eigenvalue weighted by Crippen LogP contribution is -2.39. The van der Waals surface area contributed by atoms with Gasteiger partial charge in [-0.15, -0.1) is 0 Å². The van der Waals surface area contributed by atoms with Crippen molar-refractivity contribution >= 4 is 25.3 Å². The van der Waals surface area contributed by atoms with E-state index in [1.54, 1.807) is 0 Å². The number of amides is 1. The van der Waals surface area contributed by atoms with Gasteiger partial charge in [-0.3, -0.25) is 4.79 Å². The summed E-state index contributed by atoms with van der Waals surface area (Å²) in [4.78, 5) is 19.7. The molecule has 0 aromatic heterocycles. The highest BCUT2D eigenvalue weighted by atomic mass is 32.1. The van der Waals surface area contributed by atoms with Crippen molar-refractivity contribution in [1.82, 2.24) is 10.6 Å². The van der Waals surface area contributed by atoms with Crippen LogP contribution in [0.1, 0.15) is 89.0 Å². The molecule has 0 spiro atoms. The van der Waals surface area contributed by atoms with E-state index in [2.05, 4.69) is 71.7 Å². The van der Waals surface area contributed by atoms with Crippen LogP contribution in [-0.2, 0) is 28.5 Å². The van der Waals surface area contributed by atoms with Crippen LogP contribution < -0.4 is 10.6 Å². The van der Waals surface area contributed by atoms with Crippen molar-refractivity contribution in [2.75, 3.05) is 46.8 Å². The molecule has 1 rings (SSSR count). The molecule has 1 heterocycles. The topological polar surface area (TPSA) is 95.1 Å². The third-order valence-electron chi connectivity index (χ3n) is 5.02. The molecule has 0 aliphatic carbocycles. The van der Waals surface area contributed by atoms with Crippen LogP contribution in [-0.4, -0.2) is 81.5 Å². The molecular weight excluding hydrogens is 480 g/mol. The third kappa shape index (κ3) is 25.0. The maximum atomic E-state index is 11.7. The smallest absolute Gasteiger partial charge is 0.251 e. The maximum Gasteiger partial charge on any atom is 0.251 e. The van der Waals surface area contributed by atoms with Crippen LogP contribution in [0.15, 0.2) is 0 Å². The molecule has 1 atom stereocenters. The van der Waals surface area contributed by atoms with Gasteiger partial charge in [-0.2, -0.15) is 12.6 Å². The highest BCUT2D eigenvalue weighted by Crippen LogP contribution is 2.21. The Morgan fingerprint density at radius 3 is 1.92 bits per heavy atom. The molecule has 218 valence electrons. The second-order valence-corrected chi connectivity index (χ2v) is 13.0. The number of carbonyl (C=O) groups is 2. The molecule has 1 unspecified atom stereocenters. The predicted molar refractivity (Wildman–Crippen MR) is 153 cm³/mol. The fourth-order valence-corrected chi connectivity index (χ4v) is 2.74. The van der Waals surface area contributed by atoms with E-state index in [1.807, 2.05) is 27.7 Å². The van der Waals surface area contributed by atoms with Crippen molar-refractivity contribution in [3.05, 3.63) is 0 Å². The van der Waals surface area contributed by atoms with Crippen LogP contribution in [0.3, 0.4) is 0 Å². The SMILES string of the molecule is C.C=O.CC(C)(S)CCOC(C)(C)CCNC(=O)C1COCO1.CNCCC(C)(C)OCC(C)(C)C. The van der Waals surface area contributed by atoms with Gasteiger partial charge in [0.15, 0.2) is 6.10 Å². The van der Waals surface area contributed by atoms with Gasteiger partial charge in [0, 0.05) is 17.9 Å². The van der Waals surface area contributed by atoms with Crippen molar-refractivity contribution < 1.29 is 28.5 Å². The molecule has 36 heavy (non-hydrogen) atoms. The van der Waals surface area contributed by atoms with Gasteiger partial charge in [-0.1, -0.05) is 42.0 Å². The molecule has 1 aliphatic heterocycles. The summed E-state index contributed by atoms with van der Waals surface area (Å²) in [7, 11) is 1.97. The Bertz CT molecular complexity index is 553. The summed E-state index contributed by atoms with van der Waals surface area (Å²) in [6.45, 7) is 24.7. The zero-order valence-electron chi connectivity index (χ0n) is 24.0. The van der Waals surface area contributed by atoms with Crippen LogP contribution in [0.4, 0.5) is 0 Å². The van der Waals surface area contributed by atoms with Crippen molar-refractivity contribution in [1.29, 1.82) is 0 Å². The Labute approximate surface area is 227 Å². The highest BCUT2D eigenvalue weighted by molar-refractivity contribution is 7.81. The normalized spacial score (nSPS) is 16.1. The van der Waals surface area contributed by atoms with E-state index in [1.165, 1.54) is 0 Å². The molecule has 1 fully saturated rings. The highest BCUT2D eigenvalue weighted by Gasteiger charge is 2.25. The van der Waals surface area contributed by atoms with E-state index in [0.717, 1.165) is 32.4 Å². The molecule has 9 heteroatoms. The number of carbonyl (C=O) groups excluding carboxylic acids is 2. The second kappa shape index (κ2) is 19.4. The molecule has 2 N–H and O–H groups in total. The van der Waals surface area contributed by atoms with Crippen LogP contribution >= 0.6 is 12.6 Å². The number of hydrogen-bond acceptors (Lipinski definition) is 8. The lowest BCUT2D eigenvalue weighted by Gasteiger charge is -2.29. The number of thiol groups is 1. The van der Waals surface area contributed by atoms with Crippen molar-refractivity contribution in [2.24, 2.45) is 5.41 Å². The minimum Gasteiger partial charge on any atom is -0.375 e. The fourth-order valence-electron chi connectivity index (χ4n) is 2.64. The molecule has 0 bridgehead atoms. The first-order valence-electron chi connectivity index (χ1n) is 12.4. The summed E-state index contributed by atoms with van der Waals surface area (Å²) in [6, 6.07) is 0. The van der Waals surface area contributed by atoms with Gasteiger partial charge in [0.1, 0.15) is 13.6 Å². The molecule has 8 nitrogen and oxygen atoms in total. The first kappa shape index (κ1) is 39.8. The second-order valence-electron chi connectivity index (χ2n) is 11.8. The summed E-state index contributed by atoms with van der Waals surface area (Å²) in [6.07, 6.45) is 2.22. The van der Waals surface area contributed by atoms with Crippen LogP contribution in [0, 0.1) is 5.41 Å². The van der Waals surface area contributed by atoms with Crippen LogP contribution in [0.25, 0.3) is 0 Å². The summed E-state index contributed by atoms with van der Waals surface area (Å²) in [5.41, 5.74) is -0.00740. The van der Waals surface area contributed by atoms with E-state index in [9.17, 15) is 4.79 Å². The quantitative estimate of drug-likeness (QED) is 0.294. The number of nitrogens with one attached hydrogen (secondary N) is 2. The number of hydrogen-bond donors (Lipinski definition) is 3. The molecule has 1 aliphatic rings. The Balaban J connectivity index is -0.000000594. The summed E-state index contributed by atoms with van der Waals surface area (Å²) >= 11 is 4.47. The Hall–Kier alpha value is -0.710. The molecule has 1 saturated heterocycles. The van der Waals surface area contributed by atoms with Gasteiger partial charge in [-0.25, -0.2) is 0 Å². The Morgan fingerprint density at radius 1 is 0.944 bits per heavy atom. The zero-order valence-corrected chi connectivity index (χ0v) is 24.9. The van der Waals surface area contributed by atoms with E-state index in [4.69, 9.17) is 23.7 Å². The minimum atomic E-state index is -0.469. The number of rotatable bonds is 13. The molecule has 1 amide bonds. The van der Waals surface area contributed by atoms with Gasteiger partial charge < -0.3 is 34.4 Å². The van der Waals surface area contributed by atoms with Gasteiger partial charge in [0.2, 0.25) is 0 Å². The molecular formula is C27H58N2O6S. The van der Waals surface area contributed by atoms with Crippen LogP contribution in [0.2, 0.25) is 0 Å². The lowest BCUT2D eigenvalue weighted by molar-refractivity contribution is -0.129. The zero-order chi connectivity index (χ0) is 27.8. The van der Waals surface area contributed by atoms with E-state index < -0.39 is 6.10 Å². The summed E-state index contributed by atoms with van der Waals surface area (Å²) in [5, 5.41) is 5.99. The lowest BCUT2D eigenvalue weighted by atomic mass is 9.97. The first-order valence-corrected chi connectivity index (χ1v) is 12.8. The molecule has 0 aromatic rings. The largest absolute Gasteiger partial charge is 0.375 e. The van der Waals surface area contributed by atoms with Crippen molar-refractivity contribution in [3.8, 4) is 0 Å². The monoisotopic (exact) mass is 538 g/mol. The van der Waals surface area contributed by atoms with E-state index >= 15 is 0 Å². The maximum absolute atomic E-state index is 11.7. The van der Waals surface area contributed by atoms with Crippen LogP contribution in [0.5, 0.6) is 0 Å². The van der Waals surface area contributed by atoms with Crippen molar-refractivity contribution in [2.45, 2.75) is 111 Å². The minimum absolute atomic E-state index is 0.